The maximum absolute atomic E-state index is 10.9. The van der Waals surface area contributed by atoms with Crippen LogP contribution in [0, 0.1) is 11.3 Å². The van der Waals surface area contributed by atoms with Gasteiger partial charge in [0.25, 0.3) is 0 Å². The van der Waals surface area contributed by atoms with Crippen molar-refractivity contribution in [3.8, 4) is 0 Å². The molecule has 0 aromatic heterocycles. The lowest BCUT2D eigenvalue weighted by atomic mass is 9.63. The number of ether oxygens (including phenoxy) is 1. The van der Waals surface area contributed by atoms with Crippen LogP contribution < -0.4 is 11.1 Å². The van der Waals surface area contributed by atoms with E-state index in [1.54, 1.807) is 4.90 Å². The van der Waals surface area contributed by atoms with E-state index >= 15 is 0 Å². The van der Waals surface area contributed by atoms with Gasteiger partial charge >= 0.3 is 6.03 Å². The van der Waals surface area contributed by atoms with Gasteiger partial charge in [0.1, 0.15) is 0 Å². The minimum Gasteiger partial charge on any atom is -0.381 e. The van der Waals surface area contributed by atoms with Gasteiger partial charge in [0.05, 0.1) is 13.2 Å². The third-order valence-electron chi connectivity index (χ3n) is 3.79. The first-order chi connectivity index (χ1) is 6.71. The summed E-state index contributed by atoms with van der Waals surface area (Å²) >= 11 is 0. The molecule has 0 radical (unpaired) electrons. The zero-order valence-electron chi connectivity index (χ0n) is 8.03. The van der Waals surface area contributed by atoms with Gasteiger partial charge in [-0.15, -0.1) is 0 Å². The van der Waals surface area contributed by atoms with Gasteiger partial charge in [0.2, 0.25) is 0 Å². The maximum atomic E-state index is 10.9. The van der Waals surface area contributed by atoms with Crippen molar-refractivity contribution in [2.75, 3.05) is 32.8 Å². The van der Waals surface area contributed by atoms with Crippen molar-refractivity contribution in [2.24, 2.45) is 17.1 Å². The highest BCUT2D eigenvalue weighted by Gasteiger charge is 2.58. The molecule has 3 heterocycles. The van der Waals surface area contributed by atoms with E-state index in [1.807, 2.05) is 0 Å². The van der Waals surface area contributed by atoms with E-state index in [0.717, 1.165) is 32.8 Å². The summed E-state index contributed by atoms with van der Waals surface area (Å²) in [4.78, 5) is 12.6. The second-order valence-corrected chi connectivity index (χ2v) is 4.71. The monoisotopic (exact) mass is 197 g/mol. The molecule has 1 atom stereocenters. The number of urea groups is 1. The molecular weight excluding hydrogens is 182 g/mol. The van der Waals surface area contributed by atoms with E-state index in [-0.39, 0.29) is 6.03 Å². The van der Waals surface area contributed by atoms with E-state index in [4.69, 9.17) is 10.5 Å². The summed E-state index contributed by atoms with van der Waals surface area (Å²) in [5.41, 5.74) is 5.53. The summed E-state index contributed by atoms with van der Waals surface area (Å²) in [6.45, 7) is 4.43. The van der Waals surface area contributed by atoms with Crippen LogP contribution in [0.2, 0.25) is 0 Å². The number of primary amides is 1. The van der Waals surface area contributed by atoms with Crippen molar-refractivity contribution >= 4 is 6.03 Å². The fourth-order valence-corrected chi connectivity index (χ4v) is 2.80. The van der Waals surface area contributed by atoms with Crippen molar-refractivity contribution in [1.29, 1.82) is 0 Å². The van der Waals surface area contributed by atoms with E-state index < -0.39 is 0 Å². The minimum absolute atomic E-state index is 0.286. The number of carbonyl (C=O) groups excluding carboxylic acids is 1. The smallest absolute Gasteiger partial charge is 0.314 e. The largest absolute Gasteiger partial charge is 0.381 e. The van der Waals surface area contributed by atoms with Crippen LogP contribution in [0.1, 0.15) is 0 Å². The van der Waals surface area contributed by atoms with Crippen LogP contribution in [0.25, 0.3) is 0 Å². The Kier molecular flexibility index (Phi) is 1.58. The number of hydrogen-bond acceptors (Lipinski definition) is 3. The van der Waals surface area contributed by atoms with Gasteiger partial charge in [-0.1, -0.05) is 0 Å². The molecule has 0 aliphatic carbocycles. The SMILES string of the molecule is NC(=O)N1CC2(CNC2C2COC2)C1. The minimum atomic E-state index is -0.286. The normalized spacial score (nSPS) is 34.6. The van der Waals surface area contributed by atoms with E-state index in [1.165, 1.54) is 0 Å². The Labute approximate surface area is 82.6 Å². The number of nitrogens with zero attached hydrogens (tertiary/aromatic N) is 1. The van der Waals surface area contributed by atoms with Gasteiger partial charge in [-0.05, 0) is 0 Å². The first-order valence-electron chi connectivity index (χ1n) is 5.07. The van der Waals surface area contributed by atoms with Crippen molar-refractivity contribution in [1.82, 2.24) is 10.2 Å². The van der Waals surface area contributed by atoms with Crippen LogP contribution in [0.5, 0.6) is 0 Å². The molecule has 3 rings (SSSR count). The van der Waals surface area contributed by atoms with Crippen LogP contribution in [0.15, 0.2) is 0 Å². The van der Waals surface area contributed by atoms with E-state index in [2.05, 4.69) is 5.32 Å². The molecule has 14 heavy (non-hydrogen) atoms. The van der Waals surface area contributed by atoms with E-state index in [0.29, 0.717) is 17.4 Å². The average molecular weight is 197 g/mol. The van der Waals surface area contributed by atoms with E-state index in [9.17, 15) is 4.79 Å². The highest BCUT2D eigenvalue weighted by Crippen LogP contribution is 2.43. The molecule has 0 saturated carbocycles. The molecule has 3 fully saturated rings. The molecule has 3 saturated heterocycles. The molecule has 3 aliphatic rings. The summed E-state index contributed by atoms with van der Waals surface area (Å²) in [5, 5.41) is 3.44. The lowest BCUT2D eigenvalue weighted by molar-refractivity contribution is -0.141. The predicted molar refractivity (Wildman–Crippen MR) is 49.7 cm³/mol. The maximum Gasteiger partial charge on any atom is 0.314 e. The highest BCUT2D eigenvalue weighted by molar-refractivity contribution is 5.73. The van der Waals surface area contributed by atoms with Crippen molar-refractivity contribution in [3.63, 3.8) is 0 Å². The van der Waals surface area contributed by atoms with Crippen LogP contribution in [0.3, 0.4) is 0 Å². The second-order valence-electron chi connectivity index (χ2n) is 4.71. The Balaban J connectivity index is 1.61. The number of rotatable bonds is 1. The number of nitrogens with one attached hydrogen (secondary N) is 1. The molecule has 3 N–H and O–H groups in total. The molecule has 3 aliphatic heterocycles. The molecule has 2 amide bonds. The molecule has 0 bridgehead atoms. The van der Waals surface area contributed by atoms with Crippen LogP contribution >= 0.6 is 0 Å². The first kappa shape index (κ1) is 8.49. The fraction of sp³-hybridized carbons (Fsp3) is 0.889. The molecule has 5 nitrogen and oxygen atoms in total. The van der Waals surface area contributed by atoms with Gasteiger partial charge in [-0.3, -0.25) is 0 Å². The predicted octanol–water partition coefficient (Wildman–Crippen LogP) is -1.01. The zero-order valence-corrected chi connectivity index (χ0v) is 8.03. The lowest BCUT2D eigenvalue weighted by Crippen LogP contribution is -2.80. The number of likely N-dealkylation sites (tertiary alicyclic amines) is 1. The number of hydrogen-bond donors (Lipinski definition) is 2. The molecule has 78 valence electrons. The molecule has 5 heteroatoms. The van der Waals surface area contributed by atoms with Crippen molar-refractivity contribution in [3.05, 3.63) is 0 Å². The third kappa shape index (κ3) is 0.938. The number of nitrogens with two attached hydrogens (primary N) is 1. The van der Waals surface area contributed by atoms with Crippen molar-refractivity contribution < 1.29 is 9.53 Å². The molecule has 1 unspecified atom stereocenters. The molecule has 0 aromatic rings. The summed E-state index contributed by atoms with van der Waals surface area (Å²) in [7, 11) is 0. The van der Waals surface area contributed by atoms with Gasteiger partial charge in [-0.2, -0.15) is 0 Å². The van der Waals surface area contributed by atoms with Crippen molar-refractivity contribution in [2.45, 2.75) is 6.04 Å². The van der Waals surface area contributed by atoms with Gasteiger partial charge in [0.15, 0.2) is 0 Å². The number of carbonyl (C=O) groups is 1. The second kappa shape index (κ2) is 2.61. The Bertz CT molecular complexity index is 271. The van der Waals surface area contributed by atoms with Crippen LogP contribution in [-0.4, -0.2) is 49.8 Å². The number of amides is 2. The summed E-state index contributed by atoms with van der Waals surface area (Å²) < 4.78 is 5.18. The summed E-state index contributed by atoms with van der Waals surface area (Å²) in [6, 6.07) is 0.262. The summed E-state index contributed by atoms with van der Waals surface area (Å²) in [6.07, 6.45) is 0. The zero-order chi connectivity index (χ0) is 9.76. The van der Waals surface area contributed by atoms with Gasteiger partial charge in [0, 0.05) is 37.0 Å². The molecule has 1 spiro atoms. The van der Waals surface area contributed by atoms with Gasteiger partial charge < -0.3 is 20.7 Å². The Hall–Kier alpha value is -0.810. The van der Waals surface area contributed by atoms with Crippen LogP contribution in [0.4, 0.5) is 4.79 Å². The fourth-order valence-electron chi connectivity index (χ4n) is 2.80. The van der Waals surface area contributed by atoms with Gasteiger partial charge in [-0.25, -0.2) is 4.79 Å². The highest BCUT2D eigenvalue weighted by atomic mass is 16.5. The standard InChI is InChI=1S/C9H15N3O2/c10-8(13)12-4-9(5-12)3-11-7(9)6-1-14-2-6/h6-7,11H,1-5H2,(H2,10,13). The quantitative estimate of drug-likeness (QED) is 0.565. The third-order valence-corrected chi connectivity index (χ3v) is 3.79. The molecule has 0 aromatic carbocycles. The molecular formula is C9H15N3O2. The Morgan fingerprint density at radius 3 is 2.57 bits per heavy atom. The topological polar surface area (TPSA) is 67.6 Å². The lowest BCUT2D eigenvalue weighted by Gasteiger charge is -2.63. The first-order valence-corrected chi connectivity index (χ1v) is 5.07. The Morgan fingerprint density at radius 1 is 1.50 bits per heavy atom. The van der Waals surface area contributed by atoms with Crippen LogP contribution in [-0.2, 0) is 4.74 Å². The summed E-state index contributed by atoms with van der Waals surface area (Å²) in [5.74, 6) is 0.652. The average Bonchev–Trinajstić information content (AvgIpc) is 1.90. The Morgan fingerprint density at radius 2 is 2.21 bits per heavy atom.